The number of hydrazone groups is 1. The Morgan fingerprint density at radius 2 is 1.48 bits per heavy atom. The standard InChI is InChI=1S/C21H16Cl2N2O2/c22-18-12-11-15(19(23)13-18)14-24-25-20(26)21(27,16-7-3-1-4-8-16)17-9-5-2-6-10-17/h1-14,27H,(H,25,26)/b24-14+. The molecule has 0 spiro atoms. The van der Waals surface area contributed by atoms with Crippen LogP contribution in [0, 0.1) is 0 Å². The lowest BCUT2D eigenvalue weighted by molar-refractivity contribution is -0.136. The molecule has 0 saturated carbocycles. The van der Waals surface area contributed by atoms with Gasteiger partial charge in [-0.3, -0.25) is 4.79 Å². The van der Waals surface area contributed by atoms with Crippen molar-refractivity contribution in [2.24, 2.45) is 5.10 Å². The van der Waals surface area contributed by atoms with Crippen molar-refractivity contribution in [3.63, 3.8) is 0 Å². The normalized spacial score (nSPS) is 11.5. The van der Waals surface area contributed by atoms with E-state index in [1.165, 1.54) is 6.21 Å². The van der Waals surface area contributed by atoms with E-state index in [0.717, 1.165) is 0 Å². The third-order valence-electron chi connectivity index (χ3n) is 4.04. The molecule has 0 heterocycles. The molecule has 0 aliphatic rings. The number of nitrogens with one attached hydrogen (secondary N) is 1. The first-order chi connectivity index (χ1) is 13.0. The minimum Gasteiger partial charge on any atom is -0.372 e. The molecule has 0 bridgehead atoms. The molecule has 1 amide bonds. The Hall–Kier alpha value is -2.66. The topological polar surface area (TPSA) is 61.7 Å². The van der Waals surface area contributed by atoms with Crippen molar-refractivity contribution in [2.75, 3.05) is 0 Å². The first-order valence-corrected chi connectivity index (χ1v) is 8.89. The maximum Gasteiger partial charge on any atom is 0.281 e. The van der Waals surface area contributed by atoms with Crippen LogP contribution in [0.3, 0.4) is 0 Å². The third-order valence-corrected chi connectivity index (χ3v) is 4.61. The van der Waals surface area contributed by atoms with E-state index in [1.54, 1.807) is 66.7 Å². The molecule has 3 aromatic carbocycles. The van der Waals surface area contributed by atoms with Gasteiger partial charge >= 0.3 is 0 Å². The number of halogens is 2. The molecule has 0 aliphatic heterocycles. The van der Waals surface area contributed by atoms with Gasteiger partial charge in [0.05, 0.1) is 11.2 Å². The van der Waals surface area contributed by atoms with Crippen LogP contribution in [-0.2, 0) is 10.4 Å². The zero-order chi connectivity index (χ0) is 19.3. The number of aliphatic hydroxyl groups is 1. The van der Waals surface area contributed by atoms with Gasteiger partial charge in [0.15, 0.2) is 5.60 Å². The van der Waals surface area contributed by atoms with Crippen molar-refractivity contribution < 1.29 is 9.90 Å². The van der Waals surface area contributed by atoms with E-state index < -0.39 is 11.5 Å². The minimum absolute atomic E-state index is 0.405. The van der Waals surface area contributed by atoms with E-state index in [9.17, 15) is 9.90 Å². The fraction of sp³-hybridized carbons (Fsp3) is 0.0476. The summed E-state index contributed by atoms with van der Waals surface area (Å²) in [4.78, 5) is 12.9. The number of carbonyl (C=O) groups excluding carboxylic acids is 1. The molecule has 0 atom stereocenters. The summed E-state index contributed by atoms with van der Waals surface area (Å²) in [6.07, 6.45) is 1.40. The van der Waals surface area contributed by atoms with E-state index in [4.69, 9.17) is 23.2 Å². The average Bonchev–Trinajstić information content (AvgIpc) is 2.70. The zero-order valence-electron chi connectivity index (χ0n) is 14.1. The van der Waals surface area contributed by atoms with Crippen LogP contribution in [0.15, 0.2) is 84.0 Å². The van der Waals surface area contributed by atoms with Gasteiger partial charge in [0, 0.05) is 10.6 Å². The molecule has 0 fully saturated rings. The Bertz CT molecular complexity index is 921. The molecule has 0 unspecified atom stereocenters. The SMILES string of the molecule is O=C(N/N=C/c1ccc(Cl)cc1Cl)C(O)(c1ccccc1)c1ccccc1. The Morgan fingerprint density at radius 3 is 2.00 bits per heavy atom. The van der Waals surface area contributed by atoms with Crippen LogP contribution in [0.1, 0.15) is 16.7 Å². The minimum atomic E-state index is -1.89. The maximum atomic E-state index is 12.9. The highest BCUT2D eigenvalue weighted by atomic mass is 35.5. The van der Waals surface area contributed by atoms with Crippen molar-refractivity contribution in [3.05, 3.63) is 106 Å². The number of nitrogens with zero attached hydrogens (tertiary/aromatic N) is 1. The molecule has 3 rings (SSSR count). The molecular formula is C21H16Cl2N2O2. The van der Waals surface area contributed by atoms with Crippen LogP contribution in [0.25, 0.3) is 0 Å². The second kappa shape index (κ2) is 8.35. The smallest absolute Gasteiger partial charge is 0.281 e. The fourth-order valence-corrected chi connectivity index (χ4v) is 3.09. The Morgan fingerprint density at radius 1 is 0.926 bits per heavy atom. The molecule has 0 radical (unpaired) electrons. The van der Waals surface area contributed by atoms with Gasteiger partial charge in [-0.05, 0) is 23.3 Å². The van der Waals surface area contributed by atoms with Crippen LogP contribution >= 0.6 is 23.2 Å². The summed E-state index contributed by atoms with van der Waals surface area (Å²) in [5, 5.41) is 16.1. The average molecular weight is 399 g/mol. The van der Waals surface area contributed by atoms with Gasteiger partial charge in [-0.2, -0.15) is 5.10 Å². The van der Waals surface area contributed by atoms with Crippen molar-refractivity contribution in [3.8, 4) is 0 Å². The van der Waals surface area contributed by atoms with Gasteiger partial charge in [-0.15, -0.1) is 0 Å². The Labute approximate surface area is 167 Å². The molecule has 0 aromatic heterocycles. The van der Waals surface area contributed by atoms with E-state index in [0.29, 0.717) is 26.7 Å². The zero-order valence-corrected chi connectivity index (χ0v) is 15.7. The van der Waals surface area contributed by atoms with Crippen LogP contribution in [0.4, 0.5) is 0 Å². The molecule has 136 valence electrons. The number of hydrogen-bond donors (Lipinski definition) is 2. The quantitative estimate of drug-likeness (QED) is 0.494. The molecule has 4 nitrogen and oxygen atoms in total. The van der Waals surface area contributed by atoms with Crippen LogP contribution < -0.4 is 5.43 Å². The van der Waals surface area contributed by atoms with Crippen LogP contribution in [-0.4, -0.2) is 17.2 Å². The number of hydrogen-bond acceptors (Lipinski definition) is 3. The number of rotatable bonds is 5. The van der Waals surface area contributed by atoms with Gasteiger partial charge in [0.2, 0.25) is 0 Å². The largest absolute Gasteiger partial charge is 0.372 e. The van der Waals surface area contributed by atoms with Crippen molar-refractivity contribution >= 4 is 35.3 Å². The first-order valence-electron chi connectivity index (χ1n) is 8.14. The summed E-state index contributed by atoms with van der Waals surface area (Å²) in [6.45, 7) is 0. The summed E-state index contributed by atoms with van der Waals surface area (Å²) in [5.41, 5.74) is 1.98. The second-order valence-corrected chi connectivity index (χ2v) is 6.65. The van der Waals surface area contributed by atoms with E-state index in [1.807, 2.05) is 12.1 Å². The van der Waals surface area contributed by atoms with E-state index in [2.05, 4.69) is 10.5 Å². The second-order valence-electron chi connectivity index (χ2n) is 5.81. The maximum absolute atomic E-state index is 12.9. The van der Waals surface area contributed by atoms with Crippen molar-refractivity contribution in [1.29, 1.82) is 0 Å². The molecule has 0 aliphatic carbocycles. The number of carbonyl (C=O) groups is 1. The summed E-state index contributed by atoms with van der Waals surface area (Å²) < 4.78 is 0. The molecule has 2 N–H and O–H groups in total. The molecular weight excluding hydrogens is 383 g/mol. The van der Waals surface area contributed by atoms with Gasteiger partial charge in [0.1, 0.15) is 0 Å². The lowest BCUT2D eigenvalue weighted by atomic mass is 9.85. The lowest BCUT2D eigenvalue weighted by Crippen LogP contribution is -2.43. The Balaban J connectivity index is 1.89. The van der Waals surface area contributed by atoms with E-state index in [-0.39, 0.29) is 0 Å². The van der Waals surface area contributed by atoms with Gasteiger partial charge in [0.25, 0.3) is 5.91 Å². The number of benzene rings is 3. The first kappa shape index (κ1) is 19.1. The predicted molar refractivity (Wildman–Crippen MR) is 108 cm³/mol. The Kier molecular flexibility index (Phi) is 5.91. The monoisotopic (exact) mass is 398 g/mol. The fourth-order valence-electron chi connectivity index (χ4n) is 2.64. The van der Waals surface area contributed by atoms with Gasteiger partial charge in [-0.25, -0.2) is 5.43 Å². The summed E-state index contributed by atoms with van der Waals surface area (Å²) >= 11 is 12.0. The molecule has 27 heavy (non-hydrogen) atoms. The highest BCUT2D eigenvalue weighted by Gasteiger charge is 2.39. The van der Waals surface area contributed by atoms with Crippen LogP contribution in [0.2, 0.25) is 10.0 Å². The highest BCUT2D eigenvalue weighted by molar-refractivity contribution is 6.36. The molecule has 3 aromatic rings. The predicted octanol–water partition coefficient (Wildman–Crippen LogP) is 4.38. The van der Waals surface area contributed by atoms with Gasteiger partial charge in [-0.1, -0.05) is 89.9 Å². The third kappa shape index (κ3) is 4.19. The summed E-state index contributed by atoms with van der Waals surface area (Å²) in [6, 6.07) is 22.3. The van der Waals surface area contributed by atoms with Crippen molar-refractivity contribution in [1.82, 2.24) is 5.43 Å². The van der Waals surface area contributed by atoms with Gasteiger partial charge < -0.3 is 5.11 Å². The van der Waals surface area contributed by atoms with E-state index >= 15 is 0 Å². The highest BCUT2D eigenvalue weighted by Crippen LogP contribution is 2.29. The van der Waals surface area contributed by atoms with Crippen molar-refractivity contribution in [2.45, 2.75) is 5.60 Å². The van der Waals surface area contributed by atoms with Crippen LogP contribution in [0.5, 0.6) is 0 Å². The summed E-state index contributed by atoms with van der Waals surface area (Å²) in [7, 11) is 0. The lowest BCUT2D eigenvalue weighted by Gasteiger charge is -2.27. The molecule has 0 saturated heterocycles. The summed E-state index contributed by atoms with van der Waals surface area (Å²) in [5.74, 6) is -0.679. The number of amides is 1. The molecule has 6 heteroatoms.